The molecule has 4 rings (SSSR count). The molecule has 126 valence electrons. The van der Waals surface area contributed by atoms with E-state index in [-0.39, 0.29) is 10.6 Å². The summed E-state index contributed by atoms with van der Waals surface area (Å²) in [6, 6.07) is 17.1. The summed E-state index contributed by atoms with van der Waals surface area (Å²) in [5.74, 6) is 1.27. The number of nitro groups is 1. The fourth-order valence-corrected chi connectivity index (χ4v) is 3.59. The lowest BCUT2D eigenvalue weighted by Crippen LogP contribution is -2.35. The molecule has 25 heavy (non-hydrogen) atoms. The Morgan fingerprint density at radius 2 is 1.84 bits per heavy atom. The third kappa shape index (κ3) is 2.93. The SMILES string of the molecule is O=[N+]([O-])c1cccc(-c2c[n+]3c(n2-c2ccccc2)CCCCC3)c1. The van der Waals surface area contributed by atoms with Crippen molar-refractivity contribution in [2.45, 2.75) is 32.2 Å². The normalized spacial score (nSPS) is 13.9. The summed E-state index contributed by atoms with van der Waals surface area (Å²) >= 11 is 0. The second-order valence-electron chi connectivity index (χ2n) is 6.41. The first-order valence-corrected chi connectivity index (χ1v) is 8.68. The van der Waals surface area contributed by atoms with Crippen molar-refractivity contribution < 1.29 is 9.49 Å². The van der Waals surface area contributed by atoms with E-state index in [0.717, 1.165) is 29.9 Å². The summed E-state index contributed by atoms with van der Waals surface area (Å²) in [5, 5.41) is 11.2. The Morgan fingerprint density at radius 3 is 2.64 bits per heavy atom. The van der Waals surface area contributed by atoms with Crippen molar-refractivity contribution in [2.24, 2.45) is 0 Å². The molecule has 5 heteroatoms. The molecule has 0 radical (unpaired) electrons. The second-order valence-corrected chi connectivity index (χ2v) is 6.41. The van der Waals surface area contributed by atoms with Crippen LogP contribution in [0.15, 0.2) is 60.8 Å². The lowest BCUT2D eigenvalue weighted by atomic mass is 10.1. The van der Waals surface area contributed by atoms with E-state index in [0.29, 0.717) is 0 Å². The third-order valence-electron chi connectivity index (χ3n) is 4.78. The number of para-hydroxylation sites is 1. The van der Waals surface area contributed by atoms with Crippen LogP contribution in [0.5, 0.6) is 0 Å². The van der Waals surface area contributed by atoms with Crippen LogP contribution in [-0.2, 0) is 13.0 Å². The number of benzene rings is 2. The number of hydrogen-bond acceptors (Lipinski definition) is 2. The van der Waals surface area contributed by atoms with E-state index in [9.17, 15) is 10.1 Å². The molecule has 0 unspecified atom stereocenters. The van der Waals surface area contributed by atoms with E-state index in [2.05, 4.69) is 27.5 Å². The van der Waals surface area contributed by atoms with Gasteiger partial charge in [0.15, 0.2) is 5.69 Å². The van der Waals surface area contributed by atoms with Gasteiger partial charge in [-0.3, -0.25) is 10.1 Å². The Morgan fingerprint density at radius 1 is 1.00 bits per heavy atom. The van der Waals surface area contributed by atoms with Gasteiger partial charge in [-0.2, -0.15) is 4.57 Å². The zero-order chi connectivity index (χ0) is 17.2. The predicted molar refractivity (Wildman–Crippen MR) is 95.6 cm³/mol. The number of nitrogens with zero attached hydrogens (tertiary/aromatic N) is 3. The number of imidazole rings is 1. The first-order chi connectivity index (χ1) is 12.2. The van der Waals surface area contributed by atoms with Gasteiger partial charge in [0.2, 0.25) is 0 Å². The molecule has 5 nitrogen and oxygen atoms in total. The molecule has 0 aliphatic carbocycles. The minimum Gasteiger partial charge on any atom is -0.258 e. The van der Waals surface area contributed by atoms with Gasteiger partial charge in [-0.1, -0.05) is 30.3 Å². The standard InChI is InChI=1S/C20H20N3O2/c24-23(25)18-11-7-8-16(14-18)19-15-21-13-6-2-5-12-20(21)22(19)17-9-3-1-4-10-17/h1,3-4,7-11,14-15H,2,5-6,12-13H2/q+1. The molecule has 0 atom stereocenters. The zero-order valence-electron chi connectivity index (χ0n) is 14.0. The summed E-state index contributed by atoms with van der Waals surface area (Å²) in [4.78, 5) is 10.8. The van der Waals surface area contributed by atoms with E-state index in [1.165, 1.54) is 31.2 Å². The Kier molecular flexibility index (Phi) is 4.06. The van der Waals surface area contributed by atoms with Gasteiger partial charge in [-0.15, -0.1) is 0 Å². The van der Waals surface area contributed by atoms with E-state index in [4.69, 9.17) is 0 Å². The summed E-state index contributed by atoms with van der Waals surface area (Å²) in [5.41, 5.74) is 3.10. The molecule has 1 aliphatic rings. The lowest BCUT2D eigenvalue weighted by molar-refractivity contribution is -0.702. The summed E-state index contributed by atoms with van der Waals surface area (Å²) < 4.78 is 4.57. The van der Waals surface area contributed by atoms with Gasteiger partial charge in [0, 0.05) is 24.1 Å². The highest BCUT2D eigenvalue weighted by Gasteiger charge is 2.27. The van der Waals surface area contributed by atoms with Crippen LogP contribution in [0.3, 0.4) is 0 Å². The van der Waals surface area contributed by atoms with Crippen LogP contribution in [0.1, 0.15) is 25.1 Å². The molecule has 0 fully saturated rings. The van der Waals surface area contributed by atoms with Crippen molar-refractivity contribution in [1.29, 1.82) is 0 Å². The Labute approximate surface area is 146 Å². The Hall–Kier alpha value is -2.95. The highest BCUT2D eigenvalue weighted by molar-refractivity contribution is 5.64. The van der Waals surface area contributed by atoms with Gasteiger partial charge < -0.3 is 0 Å². The fraction of sp³-hybridized carbons (Fsp3) is 0.250. The van der Waals surface area contributed by atoms with Gasteiger partial charge in [0.25, 0.3) is 11.5 Å². The Bertz CT molecular complexity index is 916. The maximum absolute atomic E-state index is 11.2. The third-order valence-corrected chi connectivity index (χ3v) is 4.78. The molecule has 0 amide bonds. The summed E-state index contributed by atoms with van der Waals surface area (Å²) in [6.45, 7) is 0.997. The van der Waals surface area contributed by atoms with Gasteiger partial charge in [-0.05, 0) is 31.4 Å². The van der Waals surface area contributed by atoms with E-state index >= 15 is 0 Å². The highest BCUT2D eigenvalue weighted by atomic mass is 16.6. The number of nitro benzene ring substituents is 1. The van der Waals surface area contributed by atoms with Gasteiger partial charge in [-0.25, -0.2) is 4.57 Å². The maximum Gasteiger partial charge on any atom is 0.270 e. The first-order valence-electron chi connectivity index (χ1n) is 8.68. The average Bonchev–Trinajstić information content (AvgIpc) is 2.85. The minimum absolute atomic E-state index is 0.124. The van der Waals surface area contributed by atoms with Crippen molar-refractivity contribution in [3.63, 3.8) is 0 Å². The molecule has 0 spiro atoms. The number of hydrogen-bond donors (Lipinski definition) is 0. The number of fused-ring (bicyclic) bond motifs is 1. The molecule has 2 heterocycles. The number of rotatable bonds is 3. The monoisotopic (exact) mass is 334 g/mol. The van der Waals surface area contributed by atoms with Crippen LogP contribution in [0, 0.1) is 10.1 Å². The average molecular weight is 334 g/mol. The van der Waals surface area contributed by atoms with Gasteiger partial charge in [0.1, 0.15) is 11.9 Å². The number of aryl methyl sites for hydroxylation is 1. The predicted octanol–water partition coefficient (Wildman–Crippen LogP) is 4.07. The smallest absolute Gasteiger partial charge is 0.258 e. The molecule has 0 bridgehead atoms. The van der Waals surface area contributed by atoms with E-state index in [1.807, 2.05) is 24.3 Å². The molecule has 1 aliphatic heterocycles. The summed E-state index contributed by atoms with van der Waals surface area (Å²) in [7, 11) is 0. The summed E-state index contributed by atoms with van der Waals surface area (Å²) in [6.07, 6.45) is 6.75. The Balaban J connectivity index is 1.93. The molecule has 0 saturated carbocycles. The van der Waals surface area contributed by atoms with Crippen molar-refractivity contribution in [3.05, 3.63) is 76.7 Å². The quantitative estimate of drug-likeness (QED) is 0.412. The molecule has 3 aromatic rings. The highest BCUT2D eigenvalue weighted by Crippen LogP contribution is 2.28. The van der Waals surface area contributed by atoms with Crippen LogP contribution in [0.2, 0.25) is 0 Å². The van der Waals surface area contributed by atoms with Crippen molar-refractivity contribution >= 4 is 5.69 Å². The minimum atomic E-state index is -0.336. The lowest BCUT2D eigenvalue weighted by Gasteiger charge is -2.05. The fourth-order valence-electron chi connectivity index (χ4n) is 3.59. The second kappa shape index (κ2) is 6.51. The molecular weight excluding hydrogens is 314 g/mol. The van der Waals surface area contributed by atoms with Gasteiger partial charge in [0.05, 0.1) is 11.5 Å². The molecule has 0 saturated heterocycles. The molecule has 0 N–H and O–H groups in total. The molecule has 1 aromatic heterocycles. The van der Waals surface area contributed by atoms with Gasteiger partial charge >= 0.3 is 0 Å². The van der Waals surface area contributed by atoms with Crippen molar-refractivity contribution in [3.8, 4) is 16.9 Å². The van der Waals surface area contributed by atoms with Crippen LogP contribution < -0.4 is 4.57 Å². The number of non-ortho nitro benzene ring substituents is 1. The van der Waals surface area contributed by atoms with Crippen LogP contribution >= 0.6 is 0 Å². The topological polar surface area (TPSA) is 52.0 Å². The molecular formula is C20H20N3O2+. The van der Waals surface area contributed by atoms with Crippen molar-refractivity contribution in [2.75, 3.05) is 0 Å². The number of aromatic nitrogens is 2. The molecule has 2 aromatic carbocycles. The van der Waals surface area contributed by atoms with Crippen LogP contribution in [0.25, 0.3) is 16.9 Å². The first kappa shape index (κ1) is 15.6. The largest absolute Gasteiger partial charge is 0.270 e. The van der Waals surface area contributed by atoms with Crippen molar-refractivity contribution in [1.82, 2.24) is 4.57 Å². The van der Waals surface area contributed by atoms with E-state index < -0.39 is 0 Å². The maximum atomic E-state index is 11.2. The zero-order valence-corrected chi connectivity index (χ0v) is 14.0. The van der Waals surface area contributed by atoms with E-state index in [1.54, 1.807) is 12.1 Å². The van der Waals surface area contributed by atoms with Crippen LogP contribution in [-0.4, -0.2) is 9.49 Å². The van der Waals surface area contributed by atoms with Crippen LogP contribution in [0.4, 0.5) is 5.69 Å².